The predicted molar refractivity (Wildman–Crippen MR) is 105 cm³/mol. The molecule has 4 rings (SSSR count). The number of nitrogens with zero attached hydrogens (tertiary/aromatic N) is 2. The molecule has 3 heterocycles. The lowest BCUT2D eigenvalue weighted by atomic mass is 9.93. The molecular formula is C19H20N2O2S2. The minimum Gasteiger partial charge on any atom is -0.318 e. The summed E-state index contributed by atoms with van der Waals surface area (Å²) >= 11 is 0. The number of hydrogen-bond donors (Lipinski definition) is 0. The van der Waals surface area contributed by atoms with E-state index in [0.717, 1.165) is 5.56 Å². The number of amides is 2. The lowest BCUT2D eigenvalue weighted by molar-refractivity contribution is -0.161. The first-order valence-electron chi connectivity index (χ1n) is 7.87. The van der Waals surface area contributed by atoms with Gasteiger partial charge >= 0.3 is 0 Å². The smallest absolute Gasteiger partial charge is 0.266 e. The summed E-state index contributed by atoms with van der Waals surface area (Å²) in [6, 6.07) is 9.79. The molecule has 3 aliphatic heterocycles. The van der Waals surface area contributed by atoms with Gasteiger partial charge in [-0.05, 0) is 21.9 Å². The molecule has 6 heteroatoms. The van der Waals surface area contributed by atoms with Crippen LogP contribution in [0.4, 0.5) is 0 Å². The van der Waals surface area contributed by atoms with E-state index < -0.39 is 9.74 Å². The maximum absolute atomic E-state index is 13.3. The summed E-state index contributed by atoms with van der Waals surface area (Å²) in [4.78, 5) is 27.8. The molecule has 3 saturated heterocycles. The van der Waals surface area contributed by atoms with Gasteiger partial charge < -0.3 is 9.80 Å². The summed E-state index contributed by atoms with van der Waals surface area (Å²) in [5.74, 6) is -0.179. The van der Waals surface area contributed by atoms with E-state index in [2.05, 4.69) is 13.2 Å². The fourth-order valence-electron chi connectivity index (χ4n) is 3.30. The molecule has 0 aromatic heterocycles. The second kappa shape index (κ2) is 6.42. The second-order valence-electron chi connectivity index (χ2n) is 6.05. The number of fused-ring (bicyclic) bond motifs is 3. The topological polar surface area (TPSA) is 40.6 Å². The van der Waals surface area contributed by atoms with Gasteiger partial charge in [-0.1, -0.05) is 72.5 Å². The average molecular weight is 373 g/mol. The number of carbonyl (C=O) groups is 2. The molecule has 1 aromatic carbocycles. The van der Waals surface area contributed by atoms with Crippen LogP contribution in [0.2, 0.25) is 0 Å². The second-order valence-corrected chi connectivity index (χ2v) is 8.65. The summed E-state index contributed by atoms with van der Waals surface area (Å²) in [5, 5.41) is 0. The molecule has 2 atom stereocenters. The molecule has 0 saturated carbocycles. The van der Waals surface area contributed by atoms with E-state index >= 15 is 0 Å². The van der Waals surface area contributed by atoms with Crippen molar-refractivity contribution < 1.29 is 9.59 Å². The van der Waals surface area contributed by atoms with Crippen LogP contribution in [0.1, 0.15) is 5.56 Å². The van der Waals surface area contributed by atoms with Crippen molar-refractivity contribution in [2.45, 2.75) is 16.2 Å². The fraction of sp³-hybridized carbons (Fsp3) is 0.263. The van der Waals surface area contributed by atoms with Crippen LogP contribution in [-0.4, -0.2) is 45.5 Å². The zero-order valence-corrected chi connectivity index (χ0v) is 15.9. The summed E-state index contributed by atoms with van der Waals surface area (Å²) in [5.41, 5.74) is 1.69. The van der Waals surface area contributed by atoms with Crippen molar-refractivity contribution in [2.24, 2.45) is 0 Å². The molecule has 25 heavy (non-hydrogen) atoms. The van der Waals surface area contributed by atoms with Crippen molar-refractivity contribution in [2.75, 3.05) is 14.1 Å². The number of hydrogen-bond acceptors (Lipinski definition) is 4. The van der Waals surface area contributed by atoms with E-state index in [4.69, 9.17) is 0 Å². The fourth-order valence-corrected chi connectivity index (χ4v) is 7.18. The molecule has 1 aromatic rings. The van der Waals surface area contributed by atoms with Gasteiger partial charge in [0.05, 0.1) is 0 Å². The first-order valence-corrected chi connectivity index (χ1v) is 10.0. The van der Waals surface area contributed by atoms with Gasteiger partial charge in [0, 0.05) is 20.5 Å². The molecule has 3 fully saturated rings. The minimum absolute atomic E-state index is 0.0704. The number of allylic oxidation sites excluding steroid dienone is 2. The van der Waals surface area contributed by atoms with Crippen molar-refractivity contribution in [1.29, 1.82) is 0 Å². The number of carbonyl (C=O) groups excluding carboxylic acids is 2. The van der Waals surface area contributed by atoms with Crippen molar-refractivity contribution in [3.05, 3.63) is 72.9 Å². The first-order chi connectivity index (χ1) is 11.9. The van der Waals surface area contributed by atoms with Gasteiger partial charge in [-0.15, -0.1) is 0 Å². The van der Waals surface area contributed by atoms with Crippen LogP contribution in [0, 0.1) is 0 Å². The number of rotatable bonds is 5. The van der Waals surface area contributed by atoms with Gasteiger partial charge in [-0.25, -0.2) is 0 Å². The molecule has 0 radical (unpaired) electrons. The Morgan fingerprint density at radius 2 is 1.76 bits per heavy atom. The Morgan fingerprint density at radius 1 is 1.08 bits per heavy atom. The molecule has 0 N–H and O–H groups in total. The Labute approximate surface area is 156 Å². The highest BCUT2D eigenvalue weighted by Gasteiger charge is 2.68. The zero-order valence-electron chi connectivity index (χ0n) is 14.3. The third-order valence-electron chi connectivity index (χ3n) is 4.74. The normalized spacial score (nSPS) is 29.1. The first kappa shape index (κ1) is 17.9. The molecular weight excluding hydrogens is 352 g/mol. The Hall–Kier alpha value is -1.92. The average Bonchev–Trinajstić information content (AvgIpc) is 2.63. The Kier molecular flexibility index (Phi) is 4.60. The standard InChI is InChI=1S/C19H20N2O2S2/c1-5-10-15(6-2)19-17(23)20(3)18(24-25-19,16(22)21(19)4)13-14-11-8-7-9-12-14/h5-12H,1-2,13H2,3-4H3/b15-10+. The van der Waals surface area contributed by atoms with Crippen molar-refractivity contribution >= 4 is 33.4 Å². The van der Waals surface area contributed by atoms with Gasteiger partial charge in [0.1, 0.15) is 0 Å². The van der Waals surface area contributed by atoms with Crippen LogP contribution in [0.15, 0.2) is 67.3 Å². The van der Waals surface area contributed by atoms with E-state index in [9.17, 15) is 9.59 Å². The van der Waals surface area contributed by atoms with Crippen LogP contribution in [-0.2, 0) is 16.0 Å². The zero-order chi connectivity index (χ0) is 18.2. The molecule has 2 unspecified atom stereocenters. The quantitative estimate of drug-likeness (QED) is 0.588. The molecule has 130 valence electrons. The largest absolute Gasteiger partial charge is 0.318 e. The minimum atomic E-state index is -1.09. The van der Waals surface area contributed by atoms with Crippen LogP contribution in [0.5, 0.6) is 0 Å². The highest BCUT2D eigenvalue weighted by Crippen LogP contribution is 2.61. The highest BCUT2D eigenvalue weighted by atomic mass is 33.1. The SMILES string of the molecule is C=C/C=C(\C=C)C12SSC(Cc3ccccc3)(C(=O)N1C)N(C)C2=O. The van der Waals surface area contributed by atoms with Gasteiger partial charge in [-0.3, -0.25) is 9.59 Å². The van der Waals surface area contributed by atoms with Crippen molar-refractivity contribution in [3.63, 3.8) is 0 Å². The highest BCUT2D eigenvalue weighted by molar-refractivity contribution is 8.78. The molecule has 0 spiro atoms. The summed E-state index contributed by atoms with van der Waals surface area (Å²) in [7, 11) is 6.28. The number of benzene rings is 1. The Morgan fingerprint density at radius 3 is 2.36 bits per heavy atom. The molecule has 4 nitrogen and oxygen atoms in total. The predicted octanol–water partition coefficient (Wildman–Crippen LogP) is 3.25. The summed E-state index contributed by atoms with van der Waals surface area (Å²) in [6.07, 6.45) is 5.45. The van der Waals surface area contributed by atoms with Crippen LogP contribution < -0.4 is 0 Å². The summed E-state index contributed by atoms with van der Waals surface area (Å²) in [6.45, 7) is 7.53. The third kappa shape index (κ3) is 2.39. The van der Waals surface area contributed by atoms with Gasteiger partial charge in [0.25, 0.3) is 11.8 Å². The van der Waals surface area contributed by atoms with Gasteiger partial charge in [-0.2, -0.15) is 0 Å². The van der Waals surface area contributed by atoms with Gasteiger partial charge in [0.15, 0.2) is 4.87 Å². The van der Waals surface area contributed by atoms with Crippen molar-refractivity contribution in [3.8, 4) is 0 Å². The van der Waals surface area contributed by atoms with Crippen LogP contribution >= 0.6 is 21.6 Å². The lowest BCUT2D eigenvalue weighted by Gasteiger charge is -2.59. The Balaban J connectivity index is 2.08. The maximum Gasteiger partial charge on any atom is 0.266 e. The van der Waals surface area contributed by atoms with Crippen molar-refractivity contribution in [1.82, 2.24) is 9.80 Å². The summed E-state index contributed by atoms with van der Waals surface area (Å²) < 4.78 is 0. The number of likely N-dealkylation sites (N-methyl/N-ethyl adjacent to an activating group) is 2. The van der Waals surface area contributed by atoms with E-state index in [1.54, 1.807) is 42.1 Å². The van der Waals surface area contributed by atoms with E-state index in [-0.39, 0.29) is 11.8 Å². The number of piperazine rings is 1. The molecule has 0 aliphatic carbocycles. The van der Waals surface area contributed by atoms with Crippen LogP contribution in [0.25, 0.3) is 0 Å². The molecule has 2 bridgehead atoms. The molecule has 2 amide bonds. The van der Waals surface area contributed by atoms with E-state index in [1.165, 1.54) is 21.6 Å². The Bertz CT molecular complexity index is 777. The monoisotopic (exact) mass is 372 g/mol. The lowest BCUT2D eigenvalue weighted by Crippen LogP contribution is -2.76. The van der Waals surface area contributed by atoms with E-state index in [0.29, 0.717) is 12.0 Å². The third-order valence-corrected chi connectivity index (χ3v) is 8.42. The van der Waals surface area contributed by atoms with Gasteiger partial charge in [0.2, 0.25) is 4.87 Å². The molecule has 3 aliphatic rings. The van der Waals surface area contributed by atoms with Crippen LogP contribution in [0.3, 0.4) is 0 Å². The maximum atomic E-state index is 13.3. The van der Waals surface area contributed by atoms with E-state index in [1.807, 2.05) is 30.3 Å².